The number of halogens is 4. The Labute approximate surface area is 155 Å². The van der Waals surface area contributed by atoms with Crippen LogP contribution >= 0.6 is 11.6 Å². The van der Waals surface area contributed by atoms with Crippen LogP contribution in [0.15, 0.2) is 42.5 Å². The van der Waals surface area contributed by atoms with E-state index in [-0.39, 0.29) is 11.1 Å². The average molecular weight is 382 g/mol. The molecule has 0 bridgehead atoms. The molecule has 0 aromatic heterocycles. The van der Waals surface area contributed by atoms with Crippen LogP contribution in [0, 0.1) is 0 Å². The highest BCUT2D eigenvalue weighted by Gasteiger charge is 2.33. The summed E-state index contributed by atoms with van der Waals surface area (Å²) in [6.45, 7) is 0.914. The van der Waals surface area contributed by atoms with Crippen molar-refractivity contribution in [2.45, 2.75) is 37.9 Å². The van der Waals surface area contributed by atoms with Crippen molar-refractivity contribution >= 4 is 23.6 Å². The second-order valence-electron chi connectivity index (χ2n) is 6.51. The largest absolute Gasteiger partial charge is 0.417 e. The van der Waals surface area contributed by atoms with Crippen LogP contribution in [0.3, 0.4) is 0 Å². The van der Waals surface area contributed by atoms with Crippen molar-refractivity contribution < 1.29 is 18.0 Å². The summed E-state index contributed by atoms with van der Waals surface area (Å²) in [5, 5.41) is -0.241. The fourth-order valence-electron chi connectivity index (χ4n) is 3.49. The van der Waals surface area contributed by atoms with Crippen molar-refractivity contribution in [1.82, 2.24) is 0 Å². The van der Waals surface area contributed by atoms with Gasteiger partial charge in [-0.15, -0.1) is 0 Å². The lowest BCUT2D eigenvalue weighted by atomic mass is 10.0. The van der Waals surface area contributed by atoms with Crippen LogP contribution in [0.4, 0.5) is 18.9 Å². The van der Waals surface area contributed by atoms with Gasteiger partial charge in [0.25, 0.3) is 0 Å². The van der Waals surface area contributed by atoms with Crippen molar-refractivity contribution in [3.8, 4) is 0 Å². The van der Waals surface area contributed by atoms with Crippen LogP contribution in [0.1, 0.15) is 36.0 Å². The van der Waals surface area contributed by atoms with E-state index in [0.717, 1.165) is 43.0 Å². The molecule has 2 aromatic rings. The first kappa shape index (κ1) is 18.8. The number of aldehydes is 1. The number of hydrogen-bond acceptors (Lipinski definition) is 2. The SMILES string of the molecule is O=CCC1CCCN1c1ccc(Cc2cccc(C(F)(F)F)c2Cl)cc1. The molecule has 0 amide bonds. The van der Waals surface area contributed by atoms with Gasteiger partial charge in [-0.1, -0.05) is 35.9 Å². The first-order valence-electron chi connectivity index (χ1n) is 8.54. The highest BCUT2D eigenvalue weighted by Crippen LogP contribution is 2.37. The van der Waals surface area contributed by atoms with Gasteiger partial charge in [-0.3, -0.25) is 0 Å². The molecule has 6 heteroatoms. The summed E-state index contributed by atoms with van der Waals surface area (Å²) in [4.78, 5) is 13.0. The van der Waals surface area contributed by atoms with Crippen LogP contribution in [0.25, 0.3) is 0 Å². The van der Waals surface area contributed by atoms with E-state index in [1.54, 1.807) is 6.07 Å². The molecule has 3 rings (SSSR count). The third-order valence-electron chi connectivity index (χ3n) is 4.79. The van der Waals surface area contributed by atoms with Gasteiger partial charge in [0.1, 0.15) is 6.29 Å². The highest BCUT2D eigenvalue weighted by molar-refractivity contribution is 6.32. The summed E-state index contributed by atoms with van der Waals surface area (Å²) in [5.74, 6) is 0. The fourth-order valence-corrected chi connectivity index (χ4v) is 3.79. The van der Waals surface area contributed by atoms with Crippen LogP contribution in [-0.4, -0.2) is 18.9 Å². The zero-order chi connectivity index (χ0) is 18.7. The molecule has 0 radical (unpaired) electrons. The number of alkyl halides is 3. The van der Waals surface area contributed by atoms with Gasteiger partial charge < -0.3 is 9.69 Å². The van der Waals surface area contributed by atoms with E-state index in [9.17, 15) is 18.0 Å². The van der Waals surface area contributed by atoms with Gasteiger partial charge in [-0.25, -0.2) is 0 Å². The molecule has 138 valence electrons. The van der Waals surface area contributed by atoms with Crippen molar-refractivity contribution in [2.24, 2.45) is 0 Å². The van der Waals surface area contributed by atoms with Crippen molar-refractivity contribution in [2.75, 3.05) is 11.4 Å². The summed E-state index contributed by atoms with van der Waals surface area (Å²) < 4.78 is 38.9. The van der Waals surface area contributed by atoms with Gasteiger partial charge in [-0.05, 0) is 48.6 Å². The third kappa shape index (κ3) is 4.04. The van der Waals surface area contributed by atoms with Crippen molar-refractivity contribution in [3.63, 3.8) is 0 Å². The number of nitrogens with zero attached hydrogens (tertiary/aromatic N) is 1. The molecule has 26 heavy (non-hydrogen) atoms. The molecular formula is C20H19ClF3NO. The first-order valence-corrected chi connectivity index (χ1v) is 8.91. The monoisotopic (exact) mass is 381 g/mol. The lowest BCUT2D eigenvalue weighted by Crippen LogP contribution is -2.29. The topological polar surface area (TPSA) is 20.3 Å². The normalized spacial score (nSPS) is 17.5. The van der Waals surface area contributed by atoms with E-state index >= 15 is 0 Å². The smallest absolute Gasteiger partial charge is 0.368 e. The van der Waals surface area contributed by atoms with E-state index in [2.05, 4.69) is 4.90 Å². The Morgan fingerprint density at radius 1 is 1.15 bits per heavy atom. The zero-order valence-electron chi connectivity index (χ0n) is 14.1. The van der Waals surface area contributed by atoms with Crippen molar-refractivity contribution in [3.05, 3.63) is 64.2 Å². The highest BCUT2D eigenvalue weighted by atomic mass is 35.5. The standard InChI is InChI=1S/C20H19ClF3NO/c21-19-15(3-1-5-18(19)20(22,23)24)13-14-6-8-17(9-7-14)25-11-2-4-16(25)10-12-26/h1,3,5-9,12,16H,2,4,10-11,13H2. The van der Waals surface area contributed by atoms with Gasteiger partial charge in [0, 0.05) is 24.7 Å². The van der Waals surface area contributed by atoms with Crippen LogP contribution in [0.2, 0.25) is 5.02 Å². The van der Waals surface area contributed by atoms with E-state index in [1.807, 2.05) is 24.3 Å². The number of carbonyl (C=O) groups excluding carboxylic acids is 1. The average Bonchev–Trinajstić information content (AvgIpc) is 3.05. The second-order valence-corrected chi connectivity index (χ2v) is 6.89. The quantitative estimate of drug-likeness (QED) is 0.637. The third-order valence-corrected chi connectivity index (χ3v) is 5.24. The number of rotatable bonds is 5. The summed E-state index contributed by atoms with van der Waals surface area (Å²) in [7, 11) is 0. The van der Waals surface area contributed by atoms with E-state index in [1.165, 1.54) is 6.07 Å². The molecule has 0 N–H and O–H groups in total. The lowest BCUT2D eigenvalue weighted by molar-refractivity contribution is -0.137. The van der Waals surface area contributed by atoms with Crippen LogP contribution in [0.5, 0.6) is 0 Å². The zero-order valence-corrected chi connectivity index (χ0v) is 14.9. The molecule has 0 spiro atoms. The van der Waals surface area contributed by atoms with Crippen molar-refractivity contribution in [1.29, 1.82) is 0 Å². The maximum atomic E-state index is 13.0. The van der Waals surface area contributed by atoms with Gasteiger partial charge in [-0.2, -0.15) is 13.2 Å². The second kappa shape index (κ2) is 7.70. The number of benzene rings is 2. The Morgan fingerprint density at radius 3 is 2.54 bits per heavy atom. The van der Waals surface area contributed by atoms with E-state index in [0.29, 0.717) is 18.4 Å². The van der Waals surface area contributed by atoms with E-state index in [4.69, 9.17) is 11.6 Å². The molecule has 1 unspecified atom stereocenters. The minimum Gasteiger partial charge on any atom is -0.368 e. The Hall–Kier alpha value is -2.01. The van der Waals surface area contributed by atoms with Gasteiger partial charge in [0.15, 0.2) is 0 Å². The molecule has 2 aromatic carbocycles. The number of hydrogen-bond donors (Lipinski definition) is 0. The number of carbonyl (C=O) groups is 1. The molecule has 2 nitrogen and oxygen atoms in total. The molecule has 1 fully saturated rings. The van der Waals surface area contributed by atoms with Gasteiger partial charge in [0.2, 0.25) is 0 Å². The Morgan fingerprint density at radius 2 is 1.88 bits per heavy atom. The Kier molecular flexibility index (Phi) is 5.56. The summed E-state index contributed by atoms with van der Waals surface area (Å²) in [6, 6.07) is 12.0. The minimum atomic E-state index is -4.46. The van der Waals surface area contributed by atoms with Crippen LogP contribution < -0.4 is 4.90 Å². The predicted octanol–water partition coefficient (Wildman–Crippen LogP) is 5.51. The summed E-state index contributed by atoms with van der Waals surface area (Å²) in [6.07, 6.45) is -0.601. The minimum absolute atomic E-state index is 0.233. The lowest BCUT2D eigenvalue weighted by Gasteiger charge is -2.25. The molecule has 1 saturated heterocycles. The Bertz CT molecular complexity index is 774. The molecular weight excluding hydrogens is 363 g/mol. The predicted molar refractivity (Wildman–Crippen MR) is 96.8 cm³/mol. The van der Waals surface area contributed by atoms with Crippen LogP contribution in [-0.2, 0) is 17.4 Å². The molecule has 1 heterocycles. The first-order chi connectivity index (χ1) is 12.4. The summed E-state index contributed by atoms with van der Waals surface area (Å²) >= 11 is 5.97. The molecule has 0 saturated carbocycles. The Balaban J connectivity index is 1.77. The maximum Gasteiger partial charge on any atom is 0.417 e. The maximum absolute atomic E-state index is 13.0. The van der Waals surface area contributed by atoms with Gasteiger partial charge in [0.05, 0.1) is 10.6 Å². The molecule has 1 aliphatic heterocycles. The molecule has 0 aliphatic carbocycles. The number of anilines is 1. The fraction of sp³-hybridized carbons (Fsp3) is 0.350. The summed E-state index contributed by atoms with van der Waals surface area (Å²) in [5.41, 5.74) is 1.57. The van der Waals surface area contributed by atoms with E-state index < -0.39 is 11.7 Å². The molecule has 1 atom stereocenters. The molecule has 1 aliphatic rings. The van der Waals surface area contributed by atoms with Gasteiger partial charge >= 0.3 is 6.18 Å².